The third-order valence-electron chi connectivity index (χ3n) is 1.14. The van der Waals surface area contributed by atoms with Gasteiger partial charge >= 0.3 is 0 Å². The first-order valence-electron chi connectivity index (χ1n) is 2.91. The van der Waals surface area contributed by atoms with Gasteiger partial charge in [0.15, 0.2) is 5.82 Å². The van der Waals surface area contributed by atoms with Gasteiger partial charge in [-0.05, 0) is 13.8 Å². The molecule has 0 unspecified atom stereocenters. The van der Waals surface area contributed by atoms with E-state index in [0.29, 0.717) is 5.82 Å². The molecule has 1 aromatic heterocycles. The van der Waals surface area contributed by atoms with Crippen LogP contribution in [0, 0.1) is 6.92 Å². The molecule has 0 spiro atoms. The van der Waals surface area contributed by atoms with Crippen LogP contribution in [0.25, 0.3) is 0 Å². The molecular weight excluding hydrogens is 116 g/mol. The minimum Gasteiger partial charge on any atom is -0.381 e. The molecule has 0 saturated carbocycles. The summed E-state index contributed by atoms with van der Waals surface area (Å²) in [5.74, 6) is 0.525. The van der Waals surface area contributed by atoms with Crippen molar-refractivity contribution in [1.29, 1.82) is 0 Å². The molecule has 0 aliphatic rings. The van der Waals surface area contributed by atoms with E-state index in [2.05, 4.69) is 10.2 Å². The number of hydrogen-bond donors (Lipinski definition) is 1. The van der Waals surface area contributed by atoms with E-state index in [-0.39, 0.29) is 0 Å². The molecule has 1 rings (SSSR count). The van der Waals surface area contributed by atoms with Gasteiger partial charge in [-0.2, -0.15) is 9.90 Å². The Labute approximate surface area is 53.7 Å². The minimum atomic E-state index is 0.525. The molecule has 9 heavy (non-hydrogen) atoms. The van der Waals surface area contributed by atoms with Gasteiger partial charge in [-0.3, -0.25) is 0 Å². The Balaban J connectivity index is 2.98. The van der Waals surface area contributed by atoms with Gasteiger partial charge in [-0.1, -0.05) is 0 Å². The summed E-state index contributed by atoms with van der Waals surface area (Å²) in [5, 5.41) is 7.92. The quantitative estimate of drug-likeness (QED) is 0.584. The van der Waals surface area contributed by atoms with Crippen LogP contribution in [-0.4, -0.2) is 15.0 Å². The Hall–Kier alpha value is -1.06. The van der Waals surface area contributed by atoms with Crippen LogP contribution in [-0.2, 0) is 6.54 Å². The summed E-state index contributed by atoms with van der Waals surface area (Å²) < 4.78 is 0. The van der Waals surface area contributed by atoms with Crippen LogP contribution in [0.2, 0.25) is 0 Å². The highest BCUT2D eigenvalue weighted by atomic mass is 15.5. The topological polar surface area (TPSA) is 56.7 Å². The molecule has 0 aliphatic heterocycles. The van der Waals surface area contributed by atoms with Crippen LogP contribution in [0.4, 0.5) is 5.82 Å². The lowest BCUT2D eigenvalue weighted by molar-refractivity contribution is 0.568. The largest absolute Gasteiger partial charge is 0.381 e. The van der Waals surface area contributed by atoms with Crippen LogP contribution in [0.3, 0.4) is 0 Å². The lowest BCUT2D eigenvalue weighted by Crippen LogP contribution is -1.98. The van der Waals surface area contributed by atoms with E-state index in [9.17, 15) is 0 Å². The van der Waals surface area contributed by atoms with Crippen molar-refractivity contribution in [1.82, 2.24) is 15.0 Å². The van der Waals surface area contributed by atoms with Gasteiger partial charge in [0.2, 0.25) is 0 Å². The van der Waals surface area contributed by atoms with Gasteiger partial charge < -0.3 is 5.73 Å². The Morgan fingerprint density at radius 1 is 1.56 bits per heavy atom. The molecule has 4 heteroatoms. The zero-order chi connectivity index (χ0) is 6.85. The molecule has 0 aromatic carbocycles. The lowest BCUT2D eigenvalue weighted by Gasteiger charge is -1.86. The summed E-state index contributed by atoms with van der Waals surface area (Å²) in [6.45, 7) is 4.59. The fourth-order valence-electron chi connectivity index (χ4n) is 0.585. The monoisotopic (exact) mass is 126 g/mol. The van der Waals surface area contributed by atoms with E-state index in [4.69, 9.17) is 5.73 Å². The van der Waals surface area contributed by atoms with Crippen molar-refractivity contribution < 1.29 is 0 Å². The van der Waals surface area contributed by atoms with E-state index in [1.165, 1.54) is 0 Å². The zero-order valence-corrected chi connectivity index (χ0v) is 5.63. The maximum atomic E-state index is 5.42. The average Bonchev–Trinajstić information content (AvgIpc) is 2.13. The van der Waals surface area contributed by atoms with E-state index >= 15 is 0 Å². The molecule has 0 aliphatic carbocycles. The second kappa shape index (κ2) is 2.05. The van der Waals surface area contributed by atoms with E-state index < -0.39 is 0 Å². The summed E-state index contributed by atoms with van der Waals surface area (Å²) in [6, 6.07) is 0. The van der Waals surface area contributed by atoms with Crippen molar-refractivity contribution in [3.8, 4) is 0 Å². The van der Waals surface area contributed by atoms with Crippen LogP contribution in [0.1, 0.15) is 12.6 Å². The molecular formula is C5H10N4. The Morgan fingerprint density at radius 3 is 2.44 bits per heavy atom. The third kappa shape index (κ3) is 1.01. The van der Waals surface area contributed by atoms with Gasteiger partial charge in [0.25, 0.3) is 0 Å². The molecule has 1 aromatic rings. The third-order valence-corrected chi connectivity index (χ3v) is 1.14. The average molecular weight is 126 g/mol. The highest BCUT2D eigenvalue weighted by Gasteiger charge is 1.98. The number of rotatable bonds is 1. The maximum absolute atomic E-state index is 5.42. The van der Waals surface area contributed by atoms with Gasteiger partial charge in [0, 0.05) is 0 Å². The van der Waals surface area contributed by atoms with E-state index in [1.807, 2.05) is 13.8 Å². The van der Waals surface area contributed by atoms with Crippen molar-refractivity contribution in [3.05, 3.63) is 5.69 Å². The predicted molar refractivity (Wildman–Crippen MR) is 34.8 cm³/mol. The number of aryl methyl sites for hydroxylation is 2. The van der Waals surface area contributed by atoms with Crippen molar-refractivity contribution in [2.45, 2.75) is 20.4 Å². The summed E-state index contributed by atoms with van der Waals surface area (Å²) in [5.41, 5.74) is 6.22. The fraction of sp³-hybridized carbons (Fsp3) is 0.600. The Kier molecular flexibility index (Phi) is 1.38. The molecule has 0 saturated heterocycles. The highest BCUT2D eigenvalue weighted by molar-refractivity contribution is 5.30. The number of nitrogen functional groups attached to an aromatic ring is 1. The number of aromatic nitrogens is 3. The highest BCUT2D eigenvalue weighted by Crippen LogP contribution is 1.99. The number of nitrogens with two attached hydrogens (primary N) is 1. The lowest BCUT2D eigenvalue weighted by atomic mass is 10.5. The number of hydrogen-bond acceptors (Lipinski definition) is 3. The smallest absolute Gasteiger partial charge is 0.168 e. The Bertz CT molecular complexity index is 183. The first-order chi connectivity index (χ1) is 4.24. The second-order valence-electron chi connectivity index (χ2n) is 1.86. The van der Waals surface area contributed by atoms with Crippen molar-refractivity contribution in [2.75, 3.05) is 5.73 Å². The fourth-order valence-corrected chi connectivity index (χ4v) is 0.585. The Morgan fingerprint density at radius 2 is 2.22 bits per heavy atom. The first kappa shape index (κ1) is 6.07. The number of nitrogens with zero attached hydrogens (tertiary/aromatic N) is 3. The minimum absolute atomic E-state index is 0.525. The van der Waals surface area contributed by atoms with Gasteiger partial charge in [-0.15, -0.1) is 5.10 Å². The van der Waals surface area contributed by atoms with E-state index in [1.54, 1.807) is 4.80 Å². The van der Waals surface area contributed by atoms with Gasteiger partial charge in [-0.25, -0.2) is 0 Å². The normalized spacial score (nSPS) is 10.0. The molecule has 0 radical (unpaired) electrons. The summed E-state index contributed by atoms with van der Waals surface area (Å²) in [7, 11) is 0. The first-order valence-corrected chi connectivity index (χ1v) is 2.91. The summed E-state index contributed by atoms with van der Waals surface area (Å²) in [4.78, 5) is 1.57. The van der Waals surface area contributed by atoms with Crippen molar-refractivity contribution in [3.63, 3.8) is 0 Å². The predicted octanol–water partition coefficient (Wildman–Crippen LogP) is 0.189. The molecule has 0 amide bonds. The van der Waals surface area contributed by atoms with Crippen LogP contribution >= 0.6 is 0 Å². The van der Waals surface area contributed by atoms with Crippen LogP contribution < -0.4 is 5.73 Å². The summed E-state index contributed by atoms with van der Waals surface area (Å²) in [6.07, 6.45) is 0. The maximum Gasteiger partial charge on any atom is 0.168 e. The number of anilines is 1. The second-order valence-corrected chi connectivity index (χ2v) is 1.86. The van der Waals surface area contributed by atoms with E-state index in [0.717, 1.165) is 12.2 Å². The molecule has 50 valence electrons. The summed E-state index contributed by atoms with van der Waals surface area (Å²) >= 11 is 0. The van der Waals surface area contributed by atoms with Crippen LogP contribution in [0.5, 0.6) is 0 Å². The standard InChI is InChI=1S/C5H10N4/c1-3-9-7-4(2)5(6)8-9/h3H2,1-2H3,(H2,6,8). The molecule has 1 heterocycles. The molecule has 4 nitrogen and oxygen atoms in total. The molecule has 0 atom stereocenters. The van der Waals surface area contributed by atoms with Crippen LogP contribution in [0.15, 0.2) is 0 Å². The zero-order valence-electron chi connectivity index (χ0n) is 5.63. The van der Waals surface area contributed by atoms with Gasteiger partial charge in [0.05, 0.1) is 6.54 Å². The molecule has 0 fully saturated rings. The van der Waals surface area contributed by atoms with Gasteiger partial charge in [0.1, 0.15) is 5.69 Å². The van der Waals surface area contributed by atoms with Crippen molar-refractivity contribution in [2.24, 2.45) is 0 Å². The van der Waals surface area contributed by atoms with Crippen molar-refractivity contribution >= 4 is 5.82 Å². The molecule has 0 bridgehead atoms. The SMILES string of the molecule is CCn1nc(C)c(N)n1. The molecule has 2 N–H and O–H groups in total.